The minimum absolute atomic E-state index is 0.0596. The second kappa shape index (κ2) is 14.0. The monoisotopic (exact) mass is 664 g/mol. The number of benzene rings is 2. The number of methoxy groups -OCH3 is 1. The van der Waals surface area contributed by atoms with Gasteiger partial charge in [0.25, 0.3) is 10.0 Å². The van der Waals surface area contributed by atoms with Crippen LogP contribution in [0.3, 0.4) is 0 Å². The topological polar surface area (TPSA) is 133 Å². The smallest absolute Gasteiger partial charge is 0.413 e. The summed E-state index contributed by atoms with van der Waals surface area (Å²) in [5.41, 5.74) is 4.81. The Hall–Kier alpha value is -3.69. The fourth-order valence-electron chi connectivity index (χ4n) is 6.22. The number of hydrogen-bond donors (Lipinski definition) is 2. The summed E-state index contributed by atoms with van der Waals surface area (Å²) in [4.78, 5) is 29.8. The lowest BCUT2D eigenvalue weighted by Gasteiger charge is -2.35. The molecule has 2 saturated heterocycles. The Morgan fingerprint density at radius 1 is 1.02 bits per heavy atom. The molecule has 46 heavy (non-hydrogen) atoms. The summed E-state index contributed by atoms with van der Waals surface area (Å²) < 4.78 is 33.0. The zero-order valence-electron chi connectivity index (χ0n) is 26.4. The first-order valence-electron chi connectivity index (χ1n) is 15.6. The number of carbonyl (C=O) groups excluding carboxylic acids is 1. The molecule has 0 aliphatic carbocycles. The second-order valence-corrected chi connectivity index (χ2v) is 15.0. The minimum Gasteiger partial charge on any atom is -0.453 e. The molecule has 4 aromatic rings. The van der Waals surface area contributed by atoms with E-state index in [1.807, 2.05) is 0 Å². The Bertz CT molecular complexity index is 1800. The van der Waals surface area contributed by atoms with Crippen molar-refractivity contribution in [1.29, 1.82) is 0 Å². The van der Waals surface area contributed by atoms with Crippen LogP contribution in [-0.2, 0) is 21.3 Å². The summed E-state index contributed by atoms with van der Waals surface area (Å²) in [6.07, 6.45) is 3.48. The Morgan fingerprint density at radius 3 is 2.54 bits per heavy atom. The van der Waals surface area contributed by atoms with E-state index >= 15 is 0 Å². The van der Waals surface area contributed by atoms with Crippen molar-refractivity contribution in [3.05, 3.63) is 60.0 Å². The lowest BCUT2D eigenvalue weighted by atomic mass is 10.00. The molecule has 2 aromatic heterocycles. The number of anilines is 2. The molecule has 1 amide bonds. The molecule has 2 N–H and O–H groups in total. The summed E-state index contributed by atoms with van der Waals surface area (Å²) in [6, 6.07) is 15.0. The fourth-order valence-corrected chi connectivity index (χ4v) is 9.18. The number of piperazine rings is 1. The van der Waals surface area contributed by atoms with Crippen molar-refractivity contribution >= 4 is 49.3 Å². The predicted molar refractivity (Wildman–Crippen MR) is 181 cm³/mol. The maximum absolute atomic E-state index is 13.4. The van der Waals surface area contributed by atoms with Crippen LogP contribution in [0.4, 0.5) is 15.7 Å². The molecule has 0 radical (unpaired) electrons. The summed E-state index contributed by atoms with van der Waals surface area (Å²) >= 11 is 0.933. The minimum atomic E-state index is -3.74. The highest BCUT2D eigenvalue weighted by atomic mass is 32.2. The number of rotatable bonds is 10. The number of sulfonamides is 1. The van der Waals surface area contributed by atoms with E-state index < -0.39 is 16.1 Å². The summed E-state index contributed by atoms with van der Waals surface area (Å²) in [6.45, 7) is 9.69. The van der Waals surface area contributed by atoms with Gasteiger partial charge in [0, 0.05) is 56.3 Å². The average molecular weight is 665 g/mol. The molecule has 14 heteroatoms. The number of likely N-dealkylation sites (tertiary alicyclic amines) is 1. The van der Waals surface area contributed by atoms with Gasteiger partial charge in [-0.1, -0.05) is 41.7 Å². The molecule has 0 saturated carbocycles. The standard InChI is InChI=1S/C32H40N8O4S2/c1-22(19-39-14-16-40(17-15-39)46(42,43)30-23(2)36-31(45-30)37-32(41)44-3)35-29-27-11-7-10-26(28(27)33-21-34-29)25-9-6-8-24(18-25)20-38-12-4-5-13-38/h6-11,18,21-22H,4-5,12-17,19-20H2,1-3H3,(H,33,34,35)(H,36,37,41). The number of aryl methyl sites for hydroxylation is 1. The lowest BCUT2D eigenvalue weighted by Crippen LogP contribution is -2.50. The number of carbonyl (C=O) groups is 1. The lowest BCUT2D eigenvalue weighted by molar-refractivity contribution is 0.184. The van der Waals surface area contributed by atoms with Gasteiger partial charge in [-0.05, 0) is 63.0 Å². The van der Waals surface area contributed by atoms with Crippen molar-refractivity contribution in [1.82, 2.24) is 29.1 Å². The normalized spacial score (nSPS) is 17.3. The third-order valence-electron chi connectivity index (χ3n) is 8.48. The third-order valence-corrected chi connectivity index (χ3v) is 12.0. The molecule has 244 valence electrons. The molecule has 2 aromatic carbocycles. The van der Waals surface area contributed by atoms with Crippen LogP contribution in [-0.4, -0.2) is 103 Å². The van der Waals surface area contributed by atoms with Crippen LogP contribution in [0, 0.1) is 6.92 Å². The van der Waals surface area contributed by atoms with E-state index in [9.17, 15) is 13.2 Å². The van der Waals surface area contributed by atoms with Gasteiger partial charge in [-0.25, -0.2) is 28.2 Å². The number of nitrogens with one attached hydrogen (secondary N) is 2. The van der Waals surface area contributed by atoms with Gasteiger partial charge in [0.15, 0.2) is 9.34 Å². The second-order valence-electron chi connectivity index (χ2n) is 11.9. The zero-order valence-corrected chi connectivity index (χ0v) is 28.0. The molecular formula is C32H40N8O4S2. The molecular weight excluding hydrogens is 625 g/mol. The average Bonchev–Trinajstić information content (AvgIpc) is 3.70. The number of thiazole rings is 1. The molecule has 12 nitrogen and oxygen atoms in total. The van der Waals surface area contributed by atoms with Crippen molar-refractivity contribution in [3.63, 3.8) is 0 Å². The molecule has 0 bridgehead atoms. The fraction of sp³-hybridized carbons (Fsp3) is 0.438. The molecule has 2 fully saturated rings. The van der Waals surface area contributed by atoms with Gasteiger partial charge in [-0.2, -0.15) is 4.31 Å². The molecule has 4 heterocycles. The largest absolute Gasteiger partial charge is 0.453 e. The predicted octanol–water partition coefficient (Wildman–Crippen LogP) is 4.64. The Labute approximate surface area is 273 Å². The molecule has 6 rings (SSSR count). The van der Waals surface area contributed by atoms with Crippen LogP contribution in [0.2, 0.25) is 0 Å². The molecule has 1 atom stereocenters. The highest BCUT2D eigenvalue weighted by Crippen LogP contribution is 2.32. The van der Waals surface area contributed by atoms with E-state index in [-0.39, 0.29) is 15.4 Å². The first-order valence-corrected chi connectivity index (χ1v) is 17.8. The van der Waals surface area contributed by atoms with E-state index in [1.54, 1.807) is 13.3 Å². The number of aromatic nitrogens is 3. The van der Waals surface area contributed by atoms with Crippen LogP contribution in [0.25, 0.3) is 22.0 Å². The highest BCUT2D eigenvalue weighted by Gasteiger charge is 2.32. The highest BCUT2D eigenvalue weighted by molar-refractivity contribution is 7.91. The van der Waals surface area contributed by atoms with Crippen LogP contribution >= 0.6 is 11.3 Å². The summed E-state index contributed by atoms with van der Waals surface area (Å²) in [7, 11) is -2.50. The number of hydrogen-bond acceptors (Lipinski definition) is 11. The quantitative estimate of drug-likeness (QED) is 0.247. The third kappa shape index (κ3) is 7.15. The summed E-state index contributed by atoms with van der Waals surface area (Å²) in [5.74, 6) is 0.783. The van der Waals surface area contributed by atoms with Crippen molar-refractivity contribution in [2.24, 2.45) is 0 Å². The first-order chi connectivity index (χ1) is 22.2. The van der Waals surface area contributed by atoms with Gasteiger partial charge in [0.05, 0.1) is 18.3 Å². The van der Waals surface area contributed by atoms with E-state index in [1.165, 1.54) is 42.9 Å². The van der Waals surface area contributed by atoms with Crippen LogP contribution in [0.5, 0.6) is 0 Å². The number of para-hydroxylation sites is 1. The van der Waals surface area contributed by atoms with Crippen molar-refractivity contribution in [2.45, 2.75) is 43.5 Å². The number of nitrogens with zero attached hydrogens (tertiary/aromatic N) is 6. The Morgan fingerprint density at radius 2 is 1.78 bits per heavy atom. The molecule has 1 unspecified atom stereocenters. The zero-order chi connectivity index (χ0) is 32.3. The van der Waals surface area contributed by atoms with Gasteiger partial charge in [0.2, 0.25) is 0 Å². The van der Waals surface area contributed by atoms with Crippen LogP contribution in [0.1, 0.15) is 31.0 Å². The summed E-state index contributed by atoms with van der Waals surface area (Å²) in [5, 5.41) is 7.19. The van der Waals surface area contributed by atoms with E-state index in [2.05, 4.69) is 84.5 Å². The van der Waals surface area contributed by atoms with Gasteiger partial charge in [-0.15, -0.1) is 0 Å². The van der Waals surface area contributed by atoms with Gasteiger partial charge in [-0.3, -0.25) is 15.1 Å². The number of fused-ring (bicyclic) bond motifs is 1. The van der Waals surface area contributed by atoms with Crippen molar-refractivity contribution in [3.8, 4) is 11.1 Å². The van der Waals surface area contributed by atoms with Gasteiger partial charge >= 0.3 is 6.09 Å². The maximum atomic E-state index is 13.4. The SMILES string of the molecule is COC(=O)Nc1nc(C)c(S(=O)(=O)N2CCN(CC(C)Nc3ncnc4c(-c5cccc(CN6CCCC6)c5)cccc34)CC2)s1. The molecule has 0 spiro atoms. The van der Waals surface area contributed by atoms with Crippen molar-refractivity contribution in [2.75, 3.05) is 63.6 Å². The van der Waals surface area contributed by atoms with Crippen LogP contribution < -0.4 is 10.6 Å². The molecule has 2 aliphatic rings. The van der Waals surface area contributed by atoms with E-state index in [0.29, 0.717) is 31.9 Å². The van der Waals surface area contributed by atoms with E-state index in [4.69, 9.17) is 4.98 Å². The number of amides is 1. The number of ether oxygens (including phenoxy) is 1. The van der Waals surface area contributed by atoms with Gasteiger partial charge in [0.1, 0.15) is 12.1 Å². The van der Waals surface area contributed by atoms with E-state index in [0.717, 1.165) is 52.3 Å². The Balaban J connectivity index is 1.09. The van der Waals surface area contributed by atoms with Crippen LogP contribution in [0.15, 0.2) is 53.0 Å². The van der Waals surface area contributed by atoms with Crippen molar-refractivity contribution < 1.29 is 17.9 Å². The Kier molecular flexibility index (Phi) is 9.80. The van der Waals surface area contributed by atoms with Gasteiger partial charge < -0.3 is 10.1 Å². The molecule has 2 aliphatic heterocycles. The maximum Gasteiger partial charge on any atom is 0.413 e. The first kappa shape index (κ1) is 32.3.